The highest BCUT2D eigenvalue weighted by molar-refractivity contribution is 7.09. The maximum atomic E-state index is 12.4. The molecule has 1 fully saturated rings. The van der Waals surface area contributed by atoms with Gasteiger partial charge in [-0.25, -0.2) is 0 Å². The molecule has 2 aliphatic heterocycles. The lowest BCUT2D eigenvalue weighted by atomic mass is 10.0. The Kier molecular flexibility index (Phi) is 4.66. The van der Waals surface area contributed by atoms with Gasteiger partial charge in [0.1, 0.15) is 6.07 Å². The molecule has 29 heavy (non-hydrogen) atoms. The van der Waals surface area contributed by atoms with Gasteiger partial charge in [0, 0.05) is 61.8 Å². The maximum Gasteiger partial charge on any atom is 0.253 e. The number of nitriles is 1. The number of benzene rings is 1. The fourth-order valence-corrected chi connectivity index (χ4v) is 4.82. The van der Waals surface area contributed by atoms with E-state index >= 15 is 0 Å². The molecule has 0 aliphatic carbocycles. The van der Waals surface area contributed by atoms with Crippen molar-refractivity contribution in [2.24, 2.45) is 0 Å². The van der Waals surface area contributed by atoms with Gasteiger partial charge in [-0.3, -0.25) is 9.69 Å². The smallest absolute Gasteiger partial charge is 0.253 e. The van der Waals surface area contributed by atoms with Gasteiger partial charge >= 0.3 is 0 Å². The number of nitrogens with zero attached hydrogens (tertiary/aromatic N) is 5. The van der Waals surface area contributed by atoms with Gasteiger partial charge < -0.3 is 15.2 Å². The van der Waals surface area contributed by atoms with Gasteiger partial charge in [-0.05, 0) is 24.5 Å². The van der Waals surface area contributed by atoms with Crippen LogP contribution in [0.4, 0.5) is 10.8 Å². The normalized spacial score (nSPS) is 17.0. The summed E-state index contributed by atoms with van der Waals surface area (Å²) in [5, 5.41) is 14.2. The number of piperazine rings is 1. The molecule has 5 rings (SSSR count). The van der Waals surface area contributed by atoms with E-state index in [0.717, 1.165) is 79.4 Å². The van der Waals surface area contributed by atoms with Crippen molar-refractivity contribution in [3.63, 3.8) is 0 Å². The van der Waals surface area contributed by atoms with Crippen LogP contribution in [-0.2, 0) is 13.0 Å². The lowest BCUT2D eigenvalue weighted by molar-refractivity contribution is 0.250. The van der Waals surface area contributed by atoms with Crippen molar-refractivity contribution in [1.29, 1.82) is 5.26 Å². The van der Waals surface area contributed by atoms with Crippen LogP contribution in [0.1, 0.15) is 23.4 Å². The molecular formula is C20H21N7OS. The Hall–Kier alpha value is -2.96. The predicted octanol–water partition coefficient (Wildman–Crippen LogP) is 1.93. The number of fused-ring (bicyclic) bond motifs is 3. The predicted molar refractivity (Wildman–Crippen MR) is 113 cm³/mol. The monoisotopic (exact) mass is 407 g/mol. The molecule has 2 N–H and O–H groups in total. The zero-order chi connectivity index (χ0) is 19.8. The van der Waals surface area contributed by atoms with E-state index in [1.54, 1.807) is 0 Å². The van der Waals surface area contributed by atoms with Crippen molar-refractivity contribution in [1.82, 2.24) is 19.2 Å². The van der Waals surface area contributed by atoms with E-state index in [1.165, 1.54) is 17.1 Å². The molecule has 0 amide bonds. The Morgan fingerprint density at radius 2 is 2.10 bits per heavy atom. The Balaban J connectivity index is 1.30. The summed E-state index contributed by atoms with van der Waals surface area (Å²) in [5.74, 6) is 0.245. The third-order valence-corrected chi connectivity index (χ3v) is 6.42. The van der Waals surface area contributed by atoms with E-state index in [4.69, 9.17) is 5.26 Å². The number of aromatic nitrogens is 3. The van der Waals surface area contributed by atoms with Gasteiger partial charge in [0.05, 0.1) is 11.2 Å². The second kappa shape index (κ2) is 7.46. The number of nitrogens with one attached hydrogen (secondary N) is 2. The van der Waals surface area contributed by atoms with Gasteiger partial charge in [-0.15, -0.1) is 0 Å². The van der Waals surface area contributed by atoms with Crippen molar-refractivity contribution in [2.45, 2.75) is 19.4 Å². The van der Waals surface area contributed by atoms with E-state index < -0.39 is 0 Å². The first-order valence-electron chi connectivity index (χ1n) is 9.84. The molecule has 3 aromatic rings. The minimum atomic E-state index is 0.0271. The number of pyridine rings is 1. The molecule has 0 atom stereocenters. The number of H-pyrrole nitrogens is 1. The third-order valence-electron chi connectivity index (χ3n) is 5.65. The van der Waals surface area contributed by atoms with Crippen molar-refractivity contribution in [3.05, 3.63) is 45.5 Å². The van der Waals surface area contributed by atoms with Crippen LogP contribution in [0.15, 0.2) is 23.0 Å². The molecule has 2 aromatic heterocycles. The van der Waals surface area contributed by atoms with Gasteiger partial charge in [0.25, 0.3) is 5.56 Å². The summed E-state index contributed by atoms with van der Waals surface area (Å²) in [4.78, 5) is 24.3. The lowest BCUT2D eigenvalue weighted by Crippen LogP contribution is -2.45. The van der Waals surface area contributed by atoms with E-state index in [2.05, 4.69) is 47.7 Å². The number of anilines is 2. The summed E-state index contributed by atoms with van der Waals surface area (Å²) >= 11 is 1.28. The van der Waals surface area contributed by atoms with Gasteiger partial charge in [0.2, 0.25) is 11.0 Å². The summed E-state index contributed by atoms with van der Waals surface area (Å²) < 4.78 is 4.04. The second-order valence-electron chi connectivity index (χ2n) is 7.49. The van der Waals surface area contributed by atoms with Gasteiger partial charge in [0.15, 0.2) is 0 Å². The molecule has 2 aliphatic rings. The fourth-order valence-electron chi connectivity index (χ4n) is 4.15. The molecule has 1 saturated heterocycles. The topological polar surface area (TPSA) is 101 Å². The Bertz CT molecular complexity index is 1150. The van der Waals surface area contributed by atoms with Gasteiger partial charge in [-0.1, -0.05) is 12.1 Å². The van der Waals surface area contributed by atoms with Crippen LogP contribution in [0.25, 0.3) is 10.9 Å². The van der Waals surface area contributed by atoms with Crippen LogP contribution in [-0.4, -0.2) is 52.0 Å². The molecule has 4 heterocycles. The van der Waals surface area contributed by atoms with Crippen LogP contribution in [0.3, 0.4) is 0 Å². The molecule has 0 unspecified atom stereocenters. The standard InChI is InChI=1S/C20H21N7OS/c21-11-17-24-20(29-25-17)27-8-6-26(7-9-27)12-13-3-4-14-16(10-13)23-19(28)15-2-1-5-22-18(14)15/h3-4,10,22H,1-2,5-9,12H2,(H,23,28). The molecular weight excluding hydrogens is 386 g/mol. The maximum absolute atomic E-state index is 12.4. The van der Waals surface area contributed by atoms with Gasteiger partial charge in [-0.2, -0.15) is 14.6 Å². The molecule has 8 nitrogen and oxygen atoms in total. The first-order chi connectivity index (χ1) is 14.2. The summed E-state index contributed by atoms with van der Waals surface area (Å²) in [6, 6.07) is 8.37. The van der Waals surface area contributed by atoms with Crippen LogP contribution >= 0.6 is 11.5 Å². The first-order valence-corrected chi connectivity index (χ1v) is 10.6. The minimum Gasteiger partial charge on any atom is -0.384 e. The first kappa shape index (κ1) is 18.1. The van der Waals surface area contributed by atoms with Crippen molar-refractivity contribution >= 4 is 33.3 Å². The number of hydrogen-bond acceptors (Lipinski definition) is 8. The van der Waals surface area contributed by atoms with Crippen molar-refractivity contribution in [2.75, 3.05) is 42.9 Å². The summed E-state index contributed by atoms with van der Waals surface area (Å²) in [7, 11) is 0. The molecule has 0 radical (unpaired) electrons. The summed E-state index contributed by atoms with van der Waals surface area (Å²) in [5.41, 5.74) is 4.00. The van der Waals surface area contributed by atoms with E-state index in [1.807, 2.05) is 6.07 Å². The average Bonchev–Trinajstić information content (AvgIpc) is 3.24. The molecule has 0 bridgehead atoms. The molecule has 0 saturated carbocycles. The van der Waals surface area contributed by atoms with Crippen LogP contribution in [0.2, 0.25) is 0 Å². The second-order valence-corrected chi connectivity index (χ2v) is 8.22. The highest BCUT2D eigenvalue weighted by Gasteiger charge is 2.21. The average molecular weight is 408 g/mol. The fraction of sp³-hybridized carbons (Fsp3) is 0.400. The quantitative estimate of drug-likeness (QED) is 0.684. The molecule has 9 heteroatoms. The van der Waals surface area contributed by atoms with Crippen molar-refractivity contribution < 1.29 is 0 Å². The van der Waals surface area contributed by atoms with E-state index in [0.29, 0.717) is 0 Å². The highest BCUT2D eigenvalue weighted by atomic mass is 32.1. The van der Waals surface area contributed by atoms with Crippen molar-refractivity contribution in [3.8, 4) is 6.07 Å². The van der Waals surface area contributed by atoms with Crippen LogP contribution in [0.5, 0.6) is 0 Å². The summed E-state index contributed by atoms with van der Waals surface area (Å²) in [6.45, 7) is 5.32. The lowest BCUT2D eigenvalue weighted by Gasteiger charge is -2.34. The molecule has 148 valence electrons. The third kappa shape index (κ3) is 3.45. The van der Waals surface area contributed by atoms with Crippen LogP contribution in [0, 0.1) is 11.3 Å². The SMILES string of the molecule is N#Cc1nsc(N2CCN(Cc3ccc4c5c(c(=O)[nH]c4c3)CCCN5)CC2)n1. The number of hydrogen-bond donors (Lipinski definition) is 2. The van der Waals surface area contributed by atoms with E-state index in [9.17, 15) is 4.79 Å². The zero-order valence-corrected chi connectivity index (χ0v) is 16.8. The number of rotatable bonds is 3. The van der Waals surface area contributed by atoms with E-state index in [-0.39, 0.29) is 11.4 Å². The number of aromatic amines is 1. The van der Waals surface area contributed by atoms with Crippen LogP contribution < -0.4 is 15.8 Å². The molecule has 1 aromatic carbocycles. The summed E-state index contributed by atoms with van der Waals surface area (Å²) in [6.07, 6.45) is 1.84. The Morgan fingerprint density at radius 1 is 1.24 bits per heavy atom. The Labute approximate surface area is 172 Å². The largest absolute Gasteiger partial charge is 0.384 e. The Morgan fingerprint density at radius 3 is 2.90 bits per heavy atom. The minimum absolute atomic E-state index is 0.0271. The molecule has 0 spiro atoms. The zero-order valence-electron chi connectivity index (χ0n) is 15.9. The highest BCUT2D eigenvalue weighted by Crippen LogP contribution is 2.28.